The number of amides is 1. The summed E-state index contributed by atoms with van der Waals surface area (Å²) in [6.07, 6.45) is 1.51. The molecule has 1 N–H and O–H groups in total. The van der Waals surface area contributed by atoms with Crippen LogP contribution >= 0.6 is 22.9 Å². The van der Waals surface area contributed by atoms with E-state index in [0.29, 0.717) is 13.0 Å². The highest BCUT2D eigenvalue weighted by molar-refractivity contribution is 7.19. The fourth-order valence-corrected chi connectivity index (χ4v) is 4.30. The Hall–Kier alpha value is -1.10. The summed E-state index contributed by atoms with van der Waals surface area (Å²) in [4.78, 5) is 15.1. The third-order valence-electron chi connectivity index (χ3n) is 4.03. The number of nitrogens with zero attached hydrogens (tertiary/aromatic N) is 1. The molecular weight excluding hydrogens is 304 g/mol. The zero-order valence-corrected chi connectivity index (χ0v) is 13.9. The van der Waals surface area contributed by atoms with E-state index >= 15 is 0 Å². The number of thiophene rings is 1. The minimum atomic E-state index is 0.0971. The second kappa shape index (κ2) is 5.95. The minimum absolute atomic E-state index is 0.0971. The van der Waals surface area contributed by atoms with Crippen molar-refractivity contribution in [2.45, 2.75) is 32.9 Å². The molecule has 0 bridgehead atoms. The van der Waals surface area contributed by atoms with Crippen molar-refractivity contribution in [2.24, 2.45) is 0 Å². The summed E-state index contributed by atoms with van der Waals surface area (Å²) in [5.74, 6) is 0.0971. The number of nitrogens with one attached hydrogen (secondary N) is 1. The average molecular weight is 323 g/mol. The largest absolute Gasteiger partial charge is 0.351 e. The number of carbonyl (C=O) groups is 1. The molecule has 112 valence electrons. The van der Waals surface area contributed by atoms with Gasteiger partial charge < -0.3 is 10.2 Å². The molecule has 1 aliphatic rings. The smallest absolute Gasteiger partial charge is 0.220 e. The van der Waals surface area contributed by atoms with Crippen molar-refractivity contribution in [2.75, 3.05) is 13.6 Å². The molecule has 0 unspecified atom stereocenters. The lowest BCUT2D eigenvalue weighted by atomic mass is 10.0. The van der Waals surface area contributed by atoms with Crippen LogP contribution in [0, 0.1) is 0 Å². The van der Waals surface area contributed by atoms with Crippen molar-refractivity contribution in [1.82, 2.24) is 10.2 Å². The molecule has 0 saturated carbocycles. The number of likely N-dealkylation sites (N-methyl/N-ethyl adjacent to an activating group) is 1. The van der Waals surface area contributed by atoms with Crippen LogP contribution < -0.4 is 5.32 Å². The third kappa shape index (κ3) is 2.80. The first kappa shape index (κ1) is 14.8. The van der Waals surface area contributed by atoms with Gasteiger partial charge in [0, 0.05) is 39.5 Å². The van der Waals surface area contributed by atoms with Gasteiger partial charge >= 0.3 is 0 Å². The van der Waals surface area contributed by atoms with Crippen molar-refractivity contribution in [3.8, 4) is 0 Å². The van der Waals surface area contributed by atoms with Gasteiger partial charge in [0.25, 0.3) is 0 Å². The number of halogens is 1. The molecular formula is C16H19ClN2OS. The number of rotatable bonds is 3. The van der Waals surface area contributed by atoms with Crippen molar-refractivity contribution in [1.29, 1.82) is 0 Å². The second-order valence-electron chi connectivity index (χ2n) is 5.52. The van der Waals surface area contributed by atoms with Crippen molar-refractivity contribution in [3.05, 3.63) is 33.2 Å². The highest BCUT2D eigenvalue weighted by Gasteiger charge is 2.21. The molecule has 2 heterocycles. The summed E-state index contributed by atoms with van der Waals surface area (Å²) in [5.41, 5.74) is 2.60. The van der Waals surface area contributed by atoms with Crippen LogP contribution in [-0.4, -0.2) is 24.4 Å². The number of carbonyl (C=O) groups excluding carboxylic acids is 1. The van der Waals surface area contributed by atoms with Crippen LogP contribution in [0.5, 0.6) is 0 Å². The van der Waals surface area contributed by atoms with Gasteiger partial charge in [0.2, 0.25) is 5.91 Å². The molecule has 0 fully saturated rings. The van der Waals surface area contributed by atoms with Gasteiger partial charge in [-0.25, -0.2) is 0 Å². The van der Waals surface area contributed by atoms with Gasteiger partial charge in [-0.1, -0.05) is 18.5 Å². The maximum Gasteiger partial charge on any atom is 0.220 e. The molecule has 0 saturated heterocycles. The maximum absolute atomic E-state index is 11.5. The predicted molar refractivity (Wildman–Crippen MR) is 89.0 cm³/mol. The molecule has 3 rings (SSSR count). The van der Waals surface area contributed by atoms with E-state index in [1.54, 1.807) is 11.3 Å². The lowest BCUT2D eigenvalue weighted by molar-refractivity contribution is -0.120. The Morgan fingerprint density at radius 3 is 3.00 bits per heavy atom. The van der Waals surface area contributed by atoms with Gasteiger partial charge in [0.15, 0.2) is 0 Å². The van der Waals surface area contributed by atoms with Crippen LogP contribution in [0.4, 0.5) is 0 Å². The minimum Gasteiger partial charge on any atom is -0.351 e. The summed E-state index contributed by atoms with van der Waals surface area (Å²) in [7, 11) is 2.14. The van der Waals surface area contributed by atoms with E-state index in [1.807, 2.05) is 13.0 Å². The molecule has 1 aromatic heterocycles. The molecule has 3 nitrogen and oxygen atoms in total. The molecule has 0 aliphatic carbocycles. The fourth-order valence-electron chi connectivity index (χ4n) is 2.86. The lowest BCUT2D eigenvalue weighted by Crippen LogP contribution is -2.23. The highest BCUT2D eigenvalue weighted by Crippen LogP contribution is 2.39. The Kier molecular flexibility index (Phi) is 4.20. The Labute approximate surface area is 133 Å². The van der Waals surface area contributed by atoms with Crippen molar-refractivity contribution >= 4 is 38.9 Å². The summed E-state index contributed by atoms with van der Waals surface area (Å²) in [6, 6.07) is 4.10. The van der Waals surface area contributed by atoms with Crippen LogP contribution in [0.1, 0.15) is 29.3 Å². The SMILES string of the molecule is CCC(=O)NCc1sc2ccc(Cl)c3c2c1CN(C)CC3. The Morgan fingerprint density at radius 2 is 2.24 bits per heavy atom. The van der Waals surface area contributed by atoms with Crippen molar-refractivity contribution < 1.29 is 4.79 Å². The van der Waals surface area contributed by atoms with Crippen LogP contribution in [-0.2, 0) is 24.3 Å². The molecule has 1 aliphatic heterocycles. The molecule has 5 heteroatoms. The quantitative estimate of drug-likeness (QED) is 0.937. The van der Waals surface area contributed by atoms with E-state index in [2.05, 4.69) is 23.3 Å². The van der Waals surface area contributed by atoms with Gasteiger partial charge in [-0.15, -0.1) is 11.3 Å². The van der Waals surface area contributed by atoms with Gasteiger partial charge in [-0.05, 0) is 36.7 Å². The topological polar surface area (TPSA) is 32.3 Å². The summed E-state index contributed by atoms with van der Waals surface area (Å²) in [6.45, 7) is 4.43. The summed E-state index contributed by atoms with van der Waals surface area (Å²) in [5, 5.41) is 5.18. The van der Waals surface area contributed by atoms with Gasteiger partial charge in [0.05, 0.1) is 6.54 Å². The van der Waals surface area contributed by atoms with Gasteiger partial charge in [-0.3, -0.25) is 4.79 Å². The monoisotopic (exact) mass is 322 g/mol. The standard InChI is InChI=1S/C16H19ClN2OS/c1-3-15(20)18-8-14-11-9-19(2)7-6-10-12(17)4-5-13(21-14)16(10)11/h4-5H,3,6-9H2,1-2H3,(H,18,20). The molecule has 0 radical (unpaired) electrons. The van der Waals surface area contributed by atoms with Crippen LogP contribution in [0.3, 0.4) is 0 Å². The predicted octanol–water partition coefficient (Wildman–Crippen LogP) is 3.57. The summed E-state index contributed by atoms with van der Waals surface area (Å²) >= 11 is 8.18. The highest BCUT2D eigenvalue weighted by atomic mass is 35.5. The Bertz CT molecular complexity index is 695. The van der Waals surface area contributed by atoms with E-state index < -0.39 is 0 Å². The first-order valence-corrected chi connectivity index (χ1v) is 8.46. The van der Waals surface area contributed by atoms with E-state index in [4.69, 9.17) is 11.6 Å². The fraction of sp³-hybridized carbons (Fsp3) is 0.438. The molecule has 21 heavy (non-hydrogen) atoms. The zero-order chi connectivity index (χ0) is 15.0. The molecule has 1 aromatic carbocycles. The van der Waals surface area contributed by atoms with E-state index in [1.165, 1.54) is 26.1 Å². The first-order chi connectivity index (χ1) is 10.1. The normalized spacial score (nSPS) is 15.2. The number of hydrogen-bond acceptors (Lipinski definition) is 3. The molecule has 2 aromatic rings. The van der Waals surface area contributed by atoms with Crippen molar-refractivity contribution in [3.63, 3.8) is 0 Å². The summed E-state index contributed by atoms with van der Waals surface area (Å²) < 4.78 is 1.28. The Morgan fingerprint density at radius 1 is 1.43 bits per heavy atom. The molecule has 0 atom stereocenters. The maximum atomic E-state index is 11.5. The first-order valence-electron chi connectivity index (χ1n) is 7.27. The lowest BCUT2D eigenvalue weighted by Gasteiger charge is -2.14. The van der Waals surface area contributed by atoms with Crippen LogP contribution in [0.2, 0.25) is 5.02 Å². The number of hydrogen-bond donors (Lipinski definition) is 1. The van der Waals surface area contributed by atoms with Crippen LogP contribution in [0.15, 0.2) is 12.1 Å². The average Bonchev–Trinajstić information content (AvgIpc) is 2.70. The molecule has 1 amide bonds. The number of benzene rings is 1. The zero-order valence-electron chi connectivity index (χ0n) is 12.3. The van der Waals surface area contributed by atoms with E-state index in [-0.39, 0.29) is 5.91 Å². The van der Waals surface area contributed by atoms with Crippen LogP contribution in [0.25, 0.3) is 10.1 Å². The van der Waals surface area contributed by atoms with E-state index in [9.17, 15) is 4.79 Å². The third-order valence-corrected chi connectivity index (χ3v) is 5.58. The Balaban J connectivity index is 2.07. The van der Waals surface area contributed by atoms with Gasteiger partial charge in [0.1, 0.15) is 0 Å². The van der Waals surface area contributed by atoms with Gasteiger partial charge in [-0.2, -0.15) is 0 Å². The molecule has 0 spiro atoms. The second-order valence-corrected chi connectivity index (χ2v) is 7.06. The van der Waals surface area contributed by atoms with E-state index in [0.717, 1.165) is 24.5 Å².